The highest BCUT2D eigenvalue weighted by Crippen LogP contribution is 2.27. The molecule has 0 amide bonds. The fourth-order valence-electron chi connectivity index (χ4n) is 1.72. The molecule has 0 bridgehead atoms. The molecule has 1 rings (SSSR count). The maximum atomic E-state index is 12.7. The fraction of sp³-hybridized carbons (Fsp3) is 0.462. The molecule has 21 heavy (non-hydrogen) atoms. The van der Waals surface area contributed by atoms with Crippen LogP contribution in [0, 0.1) is 0 Å². The molecule has 0 heterocycles. The maximum Gasteiger partial charge on any atom is 0.321 e. The molecule has 0 unspecified atom stereocenters. The molecule has 0 aliphatic carbocycles. The van der Waals surface area contributed by atoms with Crippen LogP contribution in [-0.4, -0.2) is 37.9 Å². The summed E-state index contributed by atoms with van der Waals surface area (Å²) in [6.45, 7) is 4.79. The Labute approximate surface area is 129 Å². The van der Waals surface area contributed by atoms with Crippen molar-refractivity contribution in [2.45, 2.75) is 31.7 Å². The zero-order valence-corrected chi connectivity index (χ0v) is 13.7. The molecule has 0 saturated carbocycles. The highest BCUT2D eigenvalue weighted by molar-refractivity contribution is 7.89. The summed E-state index contributed by atoms with van der Waals surface area (Å²) in [4.78, 5) is 11.5. The second-order valence-corrected chi connectivity index (χ2v) is 6.91. The van der Waals surface area contributed by atoms with Crippen molar-refractivity contribution in [3.8, 4) is 0 Å². The van der Waals surface area contributed by atoms with Gasteiger partial charge in [-0.05, 0) is 39.0 Å². The summed E-state index contributed by atoms with van der Waals surface area (Å²) in [5, 5.41) is 0.0544. The molecule has 0 aromatic heterocycles. The molecule has 8 heteroatoms. The van der Waals surface area contributed by atoms with E-state index < -0.39 is 22.0 Å². The third kappa shape index (κ3) is 4.33. The summed E-state index contributed by atoms with van der Waals surface area (Å²) in [6.07, 6.45) is 0. The number of anilines is 1. The first-order valence-corrected chi connectivity index (χ1v) is 8.24. The highest BCUT2D eigenvalue weighted by atomic mass is 35.5. The van der Waals surface area contributed by atoms with Gasteiger partial charge in [-0.3, -0.25) is 4.79 Å². The Morgan fingerprint density at radius 2 is 2.05 bits per heavy atom. The number of benzene rings is 1. The molecule has 0 aliphatic heterocycles. The number of ether oxygens (including phenoxy) is 1. The van der Waals surface area contributed by atoms with Crippen molar-refractivity contribution in [3.05, 3.63) is 23.2 Å². The Morgan fingerprint density at radius 3 is 2.57 bits per heavy atom. The fourth-order valence-corrected chi connectivity index (χ4v) is 3.82. The van der Waals surface area contributed by atoms with Crippen molar-refractivity contribution in [1.82, 2.24) is 4.31 Å². The summed E-state index contributed by atoms with van der Waals surface area (Å²) in [6, 6.07) is 3.76. The van der Waals surface area contributed by atoms with E-state index in [2.05, 4.69) is 0 Å². The van der Waals surface area contributed by atoms with Crippen molar-refractivity contribution >= 4 is 33.3 Å². The van der Waals surface area contributed by atoms with E-state index in [-0.39, 0.29) is 28.8 Å². The summed E-state index contributed by atoms with van der Waals surface area (Å²) in [5.41, 5.74) is 5.89. The van der Waals surface area contributed by atoms with E-state index in [1.807, 2.05) is 0 Å². The lowest BCUT2D eigenvalue weighted by molar-refractivity contribution is -0.143. The Kier molecular flexibility index (Phi) is 6.00. The summed E-state index contributed by atoms with van der Waals surface area (Å²) in [7, 11) is -3.95. The number of nitrogens with zero attached hydrogens (tertiary/aromatic N) is 1. The monoisotopic (exact) mass is 334 g/mol. The lowest BCUT2D eigenvalue weighted by Crippen LogP contribution is -2.41. The van der Waals surface area contributed by atoms with Crippen molar-refractivity contribution in [1.29, 1.82) is 0 Å². The molecule has 0 atom stereocenters. The molecule has 0 radical (unpaired) electrons. The average Bonchev–Trinajstić information content (AvgIpc) is 2.38. The van der Waals surface area contributed by atoms with Crippen LogP contribution in [0.3, 0.4) is 0 Å². The Morgan fingerprint density at radius 1 is 1.43 bits per heavy atom. The van der Waals surface area contributed by atoms with Crippen LogP contribution in [0.25, 0.3) is 0 Å². The number of sulfonamides is 1. The van der Waals surface area contributed by atoms with Gasteiger partial charge < -0.3 is 10.5 Å². The van der Waals surface area contributed by atoms with Crippen LogP contribution in [0.15, 0.2) is 23.1 Å². The van der Waals surface area contributed by atoms with Crippen LogP contribution in [0.4, 0.5) is 5.69 Å². The van der Waals surface area contributed by atoms with Gasteiger partial charge in [0.15, 0.2) is 0 Å². The first-order valence-electron chi connectivity index (χ1n) is 6.42. The molecule has 0 aliphatic rings. The van der Waals surface area contributed by atoms with Crippen LogP contribution in [0.1, 0.15) is 20.8 Å². The number of carbonyl (C=O) groups excluding carboxylic acids is 1. The smallest absolute Gasteiger partial charge is 0.321 e. The molecule has 1 aromatic carbocycles. The molecule has 1 aromatic rings. The normalized spacial score (nSPS) is 11.9. The van der Waals surface area contributed by atoms with Crippen LogP contribution in [0.2, 0.25) is 5.02 Å². The average molecular weight is 335 g/mol. The third-order valence-corrected chi connectivity index (χ3v) is 5.21. The predicted octanol–water partition coefficient (Wildman–Crippen LogP) is 1.88. The lowest BCUT2D eigenvalue weighted by Gasteiger charge is -2.25. The van der Waals surface area contributed by atoms with Crippen LogP contribution >= 0.6 is 11.6 Å². The number of esters is 1. The standard InChI is InChI=1S/C13H19ClN2O4S/c1-4-20-13(17)8-16(9(2)3)21(18,19)12-7-10(15)5-6-11(12)14/h5-7,9H,4,8,15H2,1-3H3. The zero-order valence-electron chi connectivity index (χ0n) is 12.2. The second-order valence-electron chi connectivity index (χ2n) is 4.64. The molecule has 118 valence electrons. The zero-order chi connectivity index (χ0) is 16.2. The third-order valence-electron chi connectivity index (χ3n) is 2.71. The Bertz CT molecular complexity index is 617. The van der Waals surface area contributed by atoms with Crippen molar-refractivity contribution in [3.63, 3.8) is 0 Å². The van der Waals surface area contributed by atoms with Gasteiger partial charge >= 0.3 is 5.97 Å². The molecule has 0 fully saturated rings. The lowest BCUT2D eigenvalue weighted by atomic mass is 10.3. The minimum atomic E-state index is -3.95. The number of carbonyl (C=O) groups is 1. The molecular weight excluding hydrogens is 316 g/mol. The topological polar surface area (TPSA) is 89.7 Å². The summed E-state index contributed by atoms with van der Waals surface area (Å²) < 4.78 is 31.2. The van der Waals surface area contributed by atoms with Crippen LogP contribution in [-0.2, 0) is 19.6 Å². The van der Waals surface area contributed by atoms with E-state index >= 15 is 0 Å². The van der Waals surface area contributed by atoms with Gasteiger partial charge in [0, 0.05) is 11.7 Å². The van der Waals surface area contributed by atoms with E-state index in [1.54, 1.807) is 20.8 Å². The van der Waals surface area contributed by atoms with Crippen LogP contribution < -0.4 is 5.73 Å². The maximum absolute atomic E-state index is 12.7. The first-order chi connectivity index (χ1) is 9.70. The molecule has 0 saturated heterocycles. The minimum Gasteiger partial charge on any atom is -0.465 e. The van der Waals surface area contributed by atoms with E-state index in [0.29, 0.717) is 0 Å². The van der Waals surface area contributed by atoms with Crippen molar-refractivity contribution in [2.75, 3.05) is 18.9 Å². The summed E-state index contributed by atoms with van der Waals surface area (Å²) >= 11 is 5.95. The van der Waals surface area contributed by atoms with Crippen molar-refractivity contribution < 1.29 is 17.9 Å². The van der Waals surface area contributed by atoms with Gasteiger partial charge in [0.2, 0.25) is 10.0 Å². The predicted molar refractivity (Wildman–Crippen MR) is 81.5 cm³/mol. The number of nitrogens with two attached hydrogens (primary N) is 1. The SMILES string of the molecule is CCOC(=O)CN(C(C)C)S(=O)(=O)c1cc(N)ccc1Cl. The minimum absolute atomic E-state index is 0.0544. The quantitative estimate of drug-likeness (QED) is 0.633. The second kappa shape index (κ2) is 7.11. The van der Waals surface area contributed by atoms with Crippen molar-refractivity contribution in [2.24, 2.45) is 0 Å². The van der Waals surface area contributed by atoms with Gasteiger partial charge in [-0.25, -0.2) is 8.42 Å². The van der Waals surface area contributed by atoms with Gasteiger partial charge in [0.25, 0.3) is 0 Å². The van der Waals surface area contributed by atoms with Crippen LogP contribution in [0.5, 0.6) is 0 Å². The number of rotatable bonds is 6. The molecule has 2 N–H and O–H groups in total. The number of nitrogen functional groups attached to an aromatic ring is 1. The van der Waals surface area contributed by atoms with E-state index in [4.69, 9.17) is 22.1 Å². The number of halogens is 1. The molecule has 0 spiro atoms. The molecule has 6 nitrogen and oxygen atoms in total. The highest BCUT2D eigenvalue weighted by Gasteiger charge is 2.31. The number of hydrogen-bond donors (Lipinski definition) is 1. The Hall–Kier alpha value is -1.31. The van der Waals surface area contributed by atoms with Gasteiger partial charge in [-0.2, -0.15) is 4.31 Å². The van der Waals surface area contributed by atoms with Gasteiger partial charge in [0.1, 0.15) is 11.4 Å². The van der Waals surface area contributed by atoms with Gasteiger partial charge in [-0.15, -0.1) is 0 Å². The van der Waals surface area contributed by atoms with E-state index in [0.717, 1.165) is 4.31 Å². The number of hydrogen-bond acceptors (Lipinski definition) is 5. The largest absolute Gasteiger partial charge is 0.465 e. The summed E-state index contributed by atoms with van der Waals surface area (Å²) in [5.74, 6) is -0.616. The molecular formula is C13H19ClN2O4S. The van der Waals surface area contributed by atoms with E-state index in [1.165, 1.54) is 18.2 Å². The van der Waals surface area contributed by atoms with Gasteiger partial charge in [0.05, 0.1) is 11.6 Å². The van der Waals surface area contributed by atoms with E-state index in [9.17, 15) is 13.2 Å². The van der Waals surface area contributed by atoms with Gasteiger partial charge in [-0.1, -0.05) is 11.6 Å². The first kappa shape index (κ1) is 17.7. The Balaban J connectivity index is 3.22.